The first-order valence-electron chi connectivity index (χ1n) is 6.57. The monoisotopic (exact) mass is 243 g/mol. The molecule has 1 fully saturated rings. The van der Waals surface area contributed by atoms with Crippen molar-refractivity contribution >= 4 is 5.69 Å². The maximum atomic E-state index is 9.17. The number of benzene rings is 1. The van der Waals surface area contributed by atoms with Crippen molar-refractivity contribution in [3.63, 3.8) is 0 Å². The number of aryl methyl sites for hydroxylation is 1. The van der Waals surface area contributed by atoms with Crippen LogP contribution in [-0.4, -0.2) is 30.6 Å². The number of rotatable bonds is 2. The highest BCUT2D eigenvalue weighted by Crippen LogP contribution is 2.22. The highest BCUT2D eigenvalue weighted by molar-refractivity contribution is 5.59. The quantitative estimate of drug-likeness (QED) is 0.868. The summed E-state index contributed by atoms with van der Waals surface area (Å²) in [6.07, 6.45) is 2.27. The minimum absolute atomic E-state index is 0.478. The first-order chi connectivity index (χ1) is 8.60. The Labute approximate surface area is 109 Å². The van der Waals surface area contributed by atoms with Crippen LogP contribution in [0.3, 0.4) is 0 Å². The van der Waals surface area contributed by atoms with Crippen molar-refractivity contribution < 1.29 is 0 Å². The van der Waals surface area contributed by atoms with Crippen molar-refractivity contribution in [2.75, 3.05) is 18.9 Å². The Morgan fingerprint density at radius 3 is 2.89 bits per heavy atom. The third-order valence-corrected chi connectivity index (χ3v) is 3.86. The third kappa shape index (κ3) is 2.83. The summed E-state index contributed by atoms with van der Waals surface area (Å²) in [5.74, 6) is 0. The van der Waals surface area contributed by atoms with Crippen molar-refractivity contribution in [1.29, 1.82) is 5.26 Å². The molecule has 0 bridgehead atoms. The van der Waals surface area contributed by atoms with E-state index >= 15 is 0 Å². The van der Waals surface area contributed by atoms with Gasteiger partial charge in [-0.3, -0.25) is 0 Å². The summed E-state index contributed by atoms with van der Waals surface area (Å²) in [4.78, 5) is 2.39. The van der Waals surface area contributed by atoms with Gasteiger partial charge in [-0.15, -0.1) is 0 Å². The number of likely N-dealkylation sites (tertiary alicyclic amines) is 1. The lowest BCUT2D eigenvalue weighted by Crippen LogP contribution is -2.42. The highest BCUT2D eigenvalue weighted by Gasteiger charge is 2.22. The van der Waals surface area contributed by atoms with Crippen LogP contribution in [0.5, 0.6) is 0 Å². The van der Waals surface area contributed by atoms with Crippen LogP contribution in [0, 0.1) is 18.3 Å². The summed E-state index contributed by atoms with van der Waals surface area (Å²) >= 11 is 0. The van der Waals surface area contributed by atoms with Crippen molar-refractivity contribution in [2.24, 2.45) is 0 Å². The van der Waals surface area contributed by atoms with Gasteiger partial charge in [0.25, 0.3) is 0 Å². The zero-order valence-electron chi connectivity index (χ0n) is 11.4. The summed E-state index contributed by atoms with van der Waals surface area (Å²) in [6.45, 7) is 5.39. The predicted molar refractivity (Wildman–Crippen MR) is 74.6 cm³/mol. The van der Waals surface area contributed by atoms with Gasteiger partial charge in [0.05, 0.1) is 11.3 Å². The predicted octanol–water partition coefficient (Wildman–Crippen LogP) is 2.76. The smallest absolute Gasteiger partial charge is 0.101 e. The Balaban J connectivity index is 2.08. The van der Waals surface area contributed by atoms with Crippen LogP contribution in [0.4, 0.5) is 5.69 Å². The average molecular weight is 243 g/mol. The molecule has 3 heteroatoms. The summed E-state index contributed by atoms with van der Waals surface area (Å²) in [6, 6.07) is 9.38. The Bertz CT molecular complexity index is 461. The van der Waals surface area contributed by atoms with Crippen LogP contribution >= 0.6 is 0 Å². The maximum absolute atomic E-state index is 9.17. The minimum atomic E-state index is 0.478. The molecule has 1 saturated heterocycles. The molecule has 0 saturated carbocycles. The molecule has 0 spiro atoms. The molecular weight excluding hydrogens is 222 g/mol. The molecule has 1 aliphatic heterocycles. The maximum Gasteiger partial charge on any atom is 0.101 e. The van der Waals surface area contributed by atoms with Crippen LogP contribution in [0.2, 0.25) is 0 Å². The highest BCUT2D eigenvalue weighted by atomic mass is 15.1. The van der Waals surface area contributed by atoms with Crippen LogP contribution in [-0.2, 0) is 0 Å². The molecule has 3 nitrogen and oxygen atoms in total. The van der Waals surface area contributed by atoms with Crippen molar-refractivity contribution in [1.82, 2.24) is 4.90 Å². The number of hydrogen-bond acceptors (Lipinski definition) is 3. The van der Waals surface area contributed by atoms with Gasteiger partial charge >= 0.3 is 0 Å². The molecule has 0 aromatic heterocycles. The zero-order chi connectivity index (χ0) is 13.1. The van der Waals surface area contributed by atoms with Gasteiger partial charge in [0.1, 0.15) is 6.07 Å². The lowest BCUT2D eigenvalue weighted by molar-refractivity contribution is 0.190. The molecule has 1 aliphatic rings. The summed E-state index contributed by atoms with van der Waals surface area (Å²) in [5.41, 5.74) is 2.86. The van der Waals surface area contributed by atoms with Crippen molar-refractivity contribution in [3.05, 3.63) is 29.3 Å². The van der Waals surface area contributed by atoms with Gasteiger partial charge in [0.15, 0.2) is 0 Å². The van der Waals surface area contributed by atoms with Crippen LogP contribution < -0.4 is 5.32 Å². The lowest BCUT2D eigenvalue weighted by Gasteiger charge is -2.35. The fraction of sp³-hybridized carbons (Fsp3) is 0.533. The second-order valence-corrected chi connectivity index (χ2v) is 5.36. The molecule has 2 atom stereocenters. The molecular formula is C15H21N3. The molecule has 0 radical (unpaired) electrons. The number of nitrogens with one attached hydrogen (secondary N) is 1. The van der Waals surface area contributed by atoms with E-state index in [1.807, 2.05) is 19.1 Å². The Morgan fingerprint density at radius 1 is 1.44 bits per heavy atom. The number of nitrogens with zero attached hydrogens (tertiary/aromatic N) is 2. The van der Waals surface area contributed by atoms with Crippen LogP contribution in [0.1, 0.15) is 30.9 Å². The molecule has 0 aliphatic carbocycles. The number of anilines is 1. The van der Waals surface area contributed by atoms with Gasteiger partial charge in [-0.25, -0.2) is 0 Å². The lowest BCUT2D eigenvalue weighted by atomic mass is 9.98. The Morgan fingerprint density at radius 2 is 2.22 bits per heavy atom. The van der Waals surface area contributed by atoms with E-state index in [1.54, 1.807) is 0 Å². The fourth-order valence-electron chi connectivity index (χ4n) is 2.52. The van der Waals surface area contributed by atoms with Crippen molar-refractivity contribution in [2.45, 2.75) is 38.8 Å². The Hall–Kier alpha value is -1.53. The van der Waals surface area contributed by atoms with E-state index in [0.717, 1.165) is 36.2 Å². The molecule has 1 heterocycles. The van der Waals surface area contributed by atoms with Gasteiger partial charge in [0.2, 0.25) is 0 Å². The molecule has 2 rings (SSSR count). The van der Waals surface area contributed by atoms with Gasteiger partial charge in [-0.05, 0) is 51.4 Å². The van der Waals surface area contributed by atoms with E-state index in [9.17, 15) is 0 Å². The van der Waals surface area contributed by atoms with Crippen LogP contribution in [0.25, 0.3) is 0 Å². The van der Waals surface area contributed by atoms with E-state index in [0.29, 0.717) is 12.1 Å². The molecule has 1 aromatic carbocycles. The first kappa shape index (κ1) is 12.9. The van der Waals surface area contributed by atoms with E-state index in [2.05, 4.69) is 36.3 Å². The normalized spacial score (nSPS) is 24.6. The number of piperidine rings is 1. The summed E-state index contributed by atoms with van der Waals surface area (Å²) < 4.78 is 0. The molecule has 2 unspecified atom stereocenters. The number of nitriles is 1. The largest absolute Gasteiger partial charge is 0.381 e. The molecule has 18 heavy (non-hydrogen) atoms. The fourth-order valence-corrected chi connectivity index (χ4v) is 2.52. The first-order valence-corrected chi connectivity index (χ1v) is 6.57. The summed E-state index contributed by atoms with van der Waals surface area (Å²) in [5, 5.41) is 12.7. The minimum Gasteiger partial charge on any atom is -0.381 e. The number of hydrogen-bond donors (Lipinski definition) is 1. The van der Waals surface area contributed by atoms with E-state index < -0.39 is 0 Å². The second kappa shape index (κ2) is 5.41. The van der Waals surface area contributed by atoms with Gasteiger partial charge in [-0.1, -0.05) is 6.07 Å². The van der Waals surface area contributed by atoms with E-state index in [1.165, 1.54) is 0 Å². The average Bonchev–Trinajstić information content (AvgIpc) is 2.36. The van der Waals surface area contributed by atoms with Gasteiger partial charge in [0, 0.05) is 18.6 Å². The molecule has 96 valence electrons. The summed E-state index contributed by atoms with van der Waals surface area (Å²) in [7, 11) is 2.17. The second-order valence-electron chi connectivity index (χ2n) is 5.36. The molecule has 1 N–H and O–H groups in total. The van der Waals surface area contributed by atoms with Crippen LogP contribution in [0.15, 0.2) is 18.2 Å². The third-order valence-electron chi connectivity index (χ3n) is 3.86. The van der Waals surface area contributed by atoms with Crippen molar-refractivity contribution in [3.8, 4) is 6.07 Å². The van der Waals surface area contributed by atoms with E-state index in [4.69, 9.17) is 5.26 Å². The standard InChI is InChI=1S/C15H21N3/c1-11-4-5-15(13(8-11)10-16)17-14-6-7-18(3)12(2)9-14/h4-5,8,12,14,17H,6-7,9H2,1-3H3. The SMILES string of the molecule is Cc1ccc(NC2CCN(C)C(C)C2)c(C#N)c1. The topological polar surface area (TPSA) is 39.1 Å². The molecule has 1 aromatic rings. The Kier molecular flexibility index (Phi) is 3.88. The van der Waals surface area contributed by atoms with E-state index in [-0.39, 0.29) is 0 Å². The van der Waals surface area contributed by atoms with Gasteiger partial charge < -0.3 is 10.2 Å². The molecule has 0 amide bonds. The van der Waals surface area contributed by atoms with Gasteiger partial charge in [-0.2, -0.15) is 5.26 Å². The zero-order valence-corrected chi connectivity index (χ0v) is 11.4.